The van der Waals surface area contributed by atoms with Crippen molar-refractivity contribution in [2.24, 2.45) is 5.73 Å². The number of amides is 1. The van der Waals surface area contributed by atoms with E-state index >= 15 is 0 Å². The zero-order chi connectivity index (χ0) is 15.5. The Kier molecular flexibility index (Phi) is 5.95. The minimum absolute atomic E-state index is 0. The van der Waals surface area contributed by atoms with Gasteiger partial charge in [0.2, 0.25) is 0 Å². The van der Waals surface area contributed by atoms with E-state index < -0.39 is 24.9 Å². The molecule has 0 saturated heterocycles. The highest BCUT2D eigenvalue weighted by Gasteiger charge is 2.27. The molecule has 0 saturated carbocycles. The van der Waals surface area contributed by atoms with E-state index in [9.17, 15) is 13.6 Å². The molecule has 22 heavy (non-hydrogen) atoms. The average Bonchev–Trinajstić information content (AvgIpc) is 2.98. The van der Waals surface area contributed by atoms with Crippen LogP contribution in [-0.4, -0.2) is 39.7 Å². The van der Waals surface area contributed by atoms with E-state index in [4.69, 9.17) is 5.73 Å². The molecule has 6 nitrogen and oxygen atoms in total. The molecule has 1 amide bonds. The molecule has 0 atom stereocenters. The molecule has 0 radical (unpaired) electrons. The molecule has 0 spiro atoms. The molecule has 9 heteroatoms. The molecule has 3 N–H and O–H groups in total. The number of rotatable bonds is 5. The highest BCUT2D eigenvalue weighted by molar-refractivity contribution is 5.94. The maximum Gasteiger partial charge on any atom is 0.277 e. The average molecular weight is 332 g/mol. The van der Waals surface area contributed by atoms with Crippen molar-refractivity contribution in [3.8, 4) is 5.69 Å². The van der Waals surface area contributed by atoms with Gasteiger partial charge in [0.25, 0.3) is 11.8 Å². The van der Waals surface area contributed by atoms with Crippen molar-refractivity contribution in [3.05, 3.63) is 42.0 Å². The third-order valence-electron chi connectivity index (χ3n) is 2.93. The van der Waals surface area contributed by atoms with Crippen LogP contribution in [0.2, 0.25) is 0 Å². The first-order valence-corrected chi connectivity index (χ1v) is 6.25. The van der Waals surface area contributed by atoms with Crippen molar-refractivity contribution in [2.45, 2.75) is 12.8 Å². The summed E-state index contributed by atoms with van der Waals surface area (Å²) in [6.07, 6.45) is 2.93. The first-order valence-electron chi connectivity index (χ1n) is 6.25. The van der Waals surface area contributed by atoms with E-state index in [1.54, 1.807) is 29.8 Å². The zero-order valence-electron chi connectivity index (χ0n) is 11.8. The number of benzene rings is 1. The second-order valence-corrected chi connectivity index (χ2v) is 4.58. The van der Waals surface area contributed by atoms with Gasteiger partial charge in [-0.15, -0.1) is 12.4 Å². The molecule has 2 aromatic rings. The van der Waals surface area contributed by atoms with Crippen molar-refractivity contribution < 1.29 is 13.6 Å². The summed E-state index contributed by atoms with van der Waals surface area (Å²) in [4.78, 5) is 15.7. The summed E-state index contributed by atoms with van der Waals surface area (Å²) in [5.41, 5.74) is 6.75. The van der Waals surface area contributed by atoms with Crippen LogP contribution in [0, 0.1) is 6.92 Å². The number of nitrogens with zero attached hydrogens (tertiary/aromatic N) is 3. The van der Waals surface area contributed by atoms with Crippen LogP contribution in [0.5, 0.6) is 0 Å². The van der Waals surface area contributed by atoms with Crippen molar-refractivity contribution in [3.63, 3.8) is 0 Å². The van der Waals surface area contributed by atoms with E-state index in [-0.39, 0.29) is 12.4 Å². The first-order chi connectivity index (χ1) is 9.93. The number of nitrogens with one attached hydrogen (secondary N) is 1. The quantitative estimate of drug-likeness (QED) is 0.865. The molecule has 1 aromatic carbocycles. The van der Waals surface area contributed by atoms with Crippen molar-refractivity contribution >= 4 is 18.3 Å². The van der Waals surface area contributed by atoms with Crippen LogP contribution >= 0.6 is 12.4 Å². The fraction of sp³-hybridized carbons (Fsp3) is 0.308. The van der Waals surface area contributed by atoms with Gasteiger partial charge in [0.1, 0.15) is 12.7 Å². The maximum absolute atomic E-state index is 13.0. The maximum atomic E-state index is 13.0. The first kappa shape index (κ1) is 18.0. The molecule has 0 bridgehead atoms. The Morgan fingerprint density at radius 3 is 2.73 bits per heavy atom. The van der Waals surface area contributed by atoms with Gasteiger partial charge >= 0.3 is 0 Å². The van der Waals surface area contributed by atoms with Crippen molar-refractivity contribution in [1.29, 1.82) is 0 Å². The molecular formula is C13H16ClF2N5O. The predicted molar refractivity (Wildman–Crippen MR) is 79.7 cm³/mol. The third kappa shape index (κ3) is 4.22. The number of aromatic nitrogens is 3. The molecule has 2 rings (SSSR count). The summed E-state index contributed by atoms with van der Waals surface area (Å²) in [5.74, 6) is -3.68. The number of hydrogen-bond acceptors (Lipinski definition) is 4. The Morgan fingerprint density at radius 2 is 2.18 bits per heavy atom. The number of carbonyl (C=O) groups is 1. The Hall–Kier alpha value is -2.06. The van der Waals surface area contributed by atoms with Gasteiger partial charge in [0, 0.05) is 5.56 Å². The fourth-order valence-electron chi connectivity index (χ4n) is 1.77. The van der Waals surface area contributed by atoms with E-state index in [1.165, 1.54) is 12.7 Å². The molecule has 0 aliphatic heterocycles. The van der Waals surface area contributed by atoms with Gasteiger partial charge in [-0.3, -0.25) is 4.79 Å². The summed E-state index contributed by atoms with van der Waals surface area (Å²) >= 11 is 0. The summed E-state index contributed by atoms with van der Waals surface area (Å²) in [5, 5.41) is 6.16. The fourth-order valence-corrected chi connectivity index (χ4v) is 1.77. The number of alkyl halides is 2. The largest absolute Gasteiger partial charge is 0.346 e. The molecule has 120 valence electrons. The third-order valence-corrected chi connectivity index (χ3v) is 2.93. The summed E-state index contributed by atoms with van der Waals surface area (Å²) in [6, 6.07) is 4.83. The van der Waals surface area contributed by atoms with Gasteiger partial charge in [-0.05, 0) is 30.7 Å². The Labute approximate surface area is 132 Å². The van der Waals surface area contributed by atoms with Gasteiger partial charge in [-0.2, -0.15) is 5.10 Å². The van der Waals surface area contributed by atoms with E-state index in [0.717, 1.165) is 11.3 Å². The van der Waals surface area contributed by atoms with E-state index in [2.05, 4.69) is 15.4 Å². The van der Waals surface area contributed by atoms with Gasteiger partial charge in [0.05, 0.1) is 18.8 Å². The Morgan fingerprint density at radius 1 is 1.45 bits per heavy atom. The minimum atomic E-state index is -3.11. The van der Waals surface area contributed by atoms with Gasteiger partial charge in [-0.1, -0.05) is 0 Å². The molecular weight excluding hydrogens is 316 g/mol. The topological polar surface area (TPSA) is 85.8 Å². The zero-order valence-corrected chi connectivity index (χ0v) is 12.6. The molecule has 0 unspecified atom stereocenters. The summed E-state index contributed by atoms with van der Waals surface area (Å²) in [7, 11) is 0. The van der Waals surface area contributed by atoms with Crippen LogP contribution < -0.4 is 11.1 Å². The number of hydrogen-bond donors (Lipinski definition) is 2. The second kappa shape index (κ2) is 7.28. The molecule has 0 aliphatic rings. The van der Waals surface area contributed by atoms with Gasteiger partial charge < -0.3 is 11.1 Å². The highest BCUT2D eigenvalue weighted by Crippen LogP contribution is 2.15. The van der Waals surface area contributed by atoms with Crippen molar-refractivity contribution in [1.82, 2.24) is 20.1 Å². The van der Waals surface area contributed by atoms with E-state index in [0.29, 0.717) is 5.56 Å². The van der Waals surface area contributed by atoms with Crippen LogP contribution in [0.1, 0.15) is 15.9 Å². The smallest absolute Gasteiger partial charge is 0.277 e. The molecule has 1 heterocycles. The lowest BCUT2D eigenvalue weighted by Crippen LogP contribution is -2.41. The number of nitrogens with two attached hydrogens (primary N) is 1. The van der Waals surface area contributed by atoms with E-state index in [1.807, 2.05) is 0 Å². The summed E-state index contributed by atoms with van der Waals surface area (Å²) in [6.45, 7) is 0.200. The van der Waals surface area contributed by atoms with Crippen LogP contribution in [0.3, 0.4) is 0 Å². The van der Waals surface area contributed by atoms with Crippen molar-refractivity contribution in [2.75, 3.05) is 13.1 Å². The number of carbonyl (C=O) groups excluding carboxylic acids is 1. The van der Waals surface area contributed by atoms with Crippen LogP contribution in [0.15, 0.2) is 30.9 Å². The molecule has 0 aliphatic carbocycles. The molecule has 1 aromatic heterocycles. The highest BCUT2D eigenvalue weighted by atomic mass is 35.5. The lowest BCUT2D eigenvalue weighted by atomic mass is 10.1. The van der Waals surface area contributed by atoms with Gasteiger partial charge in [0.15, 0.2) is 0 Å². The normalized spacial score (nSPS) is 10.9. The summed E-state index contributed by atoms with van der Waals surface area (Å²) < 4.78 is 27.6. The standard InChI is InChI=1S/C13H15F2N5O.ClH/c1-9-4-10(12(21)18-6-13(14,15)5-16)2-3-11(9)20-8-17-7-19-20;/h2-4,7-8H,5-6,16H2,1H3,(H,18,21);1H. The predicted octanol–water partition coefficient (Wildman–Crippen LogP) is 1.32. The van der Waals surface area contributed by atoms with Crippen LogP contribution in [0.25, 0.3) is 5.69 Å². The van der Waals surface area contributed by atoms with Crippen LogP contribution in [-0.2, 0) is 0 Å². The molecule has 0 fully saturated rings. The van der Waals surface area contributed by atoms with Gasteiger partial charge in [-0.25, -0.2) is 18.4 Å². The Balaban J connectivity index is 0.00000242. The monoisotopic (exact) mass is 331 g/mol. The SMILES string of the molecule is Cc1cc(C(=O)NCC(F)(F)CN)ccc1-n1cncn1.Cl. The lowest BCUT2D eigenvalue weighted by Gasteiger charge is -2.15. The van der Waals surface area contributed by atoms with Crippen LogP contribution in [0.4, 0.5) is 8.78 Å². The number of aryl methyl sites for hydroxylation is 1. The second-order valence-electron chi connectivity index (χ2n) is 4.58. The Bertz CT molecular complexity index is 633. The minimum Gasteiger partial charge on any atom is -0.346 e. The lowest BCUT2D eigenvalue weighted by molar-refractivity contribution is 0.0118. The number of halogens is 3.